The summed E-state index contributed by atoms with van der Waals surface area (Å²) in [6, 6.07) is 59.0. The molecule has 0 spiro atoms. The number of hydrogen-bond acceptors (Lipinski definition) is 0. The van der Waals surface area contributed by atoms with Crippen molar-refractivity contribution in [2.75, 3.05) is 0 Å². The molecule has 0 heterocycles. The van der Waals surface area contributed by atoms with Gasteiger partial charge >= 0.3 is 0 Å². The van der Waals surface area contributed by atoms with E-state index in [1.807, 2.05) is 0 Å². The number of benzene rings is 10. The van der Waals surface area contributed by atoms with Crippen molar-refractivity contribution in [1.82, 2.24) is 0 Å². The molecular weight excluding hydrogens is 553 g/mol. The lowest BCUT2D eigenvalue weighted by molar-refractivity contribution is 1.69. The molecule has 0 amide bonds. The highest BCUT2D eigenvalue weighted by Crippen LogP contribution is 2.54. The summed E-state index contributed by atoms with van der Waals surface area (Å²) < 4.78 is 0. The van der Waals surface area contributed by atoms with Crippen LogP contribution < -0.4 is 0 Å². The molecule has 0 saturated heterocycles. The molecule has 11 rings (SSSR count). The van der Waals surface area contributed by atoms with Gasteiger partial charge in [-0.2, -0.15) is 0 Å². The molecule has 0 radical (unpaired) electrons. The lowest BCUT2D eigenvalue weighted by Crippen LogP contribution is -1.89. The third-order valence-electron chi connectivity index (χ3n) is 10.5. The van der Waals surface area contributed by atoms with Crippen molar-refractivity contribution in [3.63, 3.8) is 0 Å². The average molecular weight is 579 g/mol. The van der Waals surface area contributed by atoms with E-state index in [9.17, 15) is 0 Å². The van der Waals surface area contributed by atoms with E-state index in [1.165, 1.54) is 109 Å². The first-order valence-corrected chi connectivity index (χ1v) is 16.1. The van der Waals surface area contributed by atoms with Crippen LogP contribution in [-0.4, -0.2) is 0 Å². The predicted molar refractivity (Wildman–Crippen MR) is 199 cm³/mol. The standard InChI is InChI=1S/C46H26/c1-3-11-31-29(9-1)25-41(35-15-7-5-13-33(31)35)37-23-24-40-45-38(37)21-19-27-17-18-28-20-22-39(46(40)44(28)43(27)45)42-26-30-10-2-4-12-32(30)34-14-6-8-16-36(34)42/h1-26H. The smallest absolute Gasteiger partial charge is 0.00137 e. The zero-order valence-electron chi connectivity index (χ0n) is 25.0. The van der Waals surface area contributed by atoms with Crippen LogP contribution in [0, 0.1) is 0 Å². The molecule has 0 aliphatic heterocycles. The van der Waals surface area contributed by atoms with E-state index in [4.69, 9.17) is 0 Å². The van der Waals surface area contributed by atoms with Crippen LogP contribution in [0.4, 0.5) is 0 Å². The molecule has 0 aromatic heterocycles. The first-order chi connectivity index (χ1) is 22.8. The van der Waals surface area contributed by atoms with E-state index >= 15 is 0 Å². The highest BCUT2D eigenvalue weighted by atomic mass is 14.3. The summed E-state index contributed by atoms with van der Waals surface area (Å²) in [5.74, 6) is 0. The van der Waals surface area contributed by atoms with Gasteiger partial charge in [-0.15, -0.1) is 0 Å². The summed E-state index contributed by atoms with van der Waals surface area (Å²) in [6.07, 6.45) is 0. The fourth-order valence-electron chi connectivity index (χ4n) is 8.58. The second kappa shape index (κ2) is 8.81. The largest absolute Gasteiger partial charge is 0.0616 e. The van der Waals surface area contributed by atoms with Gasteiger partial charge in [0.25, 0.3) is 0 Å². The quantitative estimate of drug-likeness (QED) is 0.179. The monoisotopic (exact) mass is 578 g/mol. The fourth-order valence-corrected chi connectivity index (χ4v) is 8.58. The Labute approximate surface area is 265 Å². The van der Waals surface area contributed by atoms with Crippen LogP contribution in [0.15, 0.2) is 158 Å². The first kappa shape index (κ1) is 24.4. The maximum Gasteiger partial charge on any atom is -0.00137 e. The summed E-state index contributed by atoms with van der Waals surface area (Å²) in [4.78, 5) is 0. The Hall–Kier alpha value is -5.98. The van der Waals surface area contributed by atoms with Crippen LogP contribution in [0.1, 0.15) is 0 Å². The van der Waals surface area contributed by atoms with Gasteiger partial charge in [-0.1, -0.05) is 146 Å². The molecule has 10 aromatic carbocycles. The van der Waals surface area contributed by atoms with Crippen molar-refractivity contribution in [3.8, 4) is 33.4 Å². The highest BCUT2D eigenvalue weighted by Gasteiger charge is 2.26. The molecule has 0 fully saturated rings. The van der Waals surface area contributed by atoms with Gasteiger partial charge in [0, 0.05) is 0 Å². The SMILES string of the molecule is c1ccc2c(c1)cc(-c1ccc3ccc4ccc5c(-c6cc7ccccc7c7ccccc67)ccc6c5c4c3c1-6)c1ccccc12. The van der Waals surface area contributed by atoms with Crippen molar-refractivity contribution in [2.45, 2.75) is 0 Å². The first-order valence-electron chi connectivity index (χ1n) is 16.1. The fraction of sp³-hybridized carbons (Fsp3) is 0. The maximum atomic E-state index is 2.41. The van der Waals surface area contributed by atoms with Gasteiger partial charge in [0.1, 0.15) is 0 Å². The normalized spacial score (nSPS) is 12.3. The van der Waals surface area contributed by atoms with E-state index in [0.29, 0.717) is 0 Å². The Morgan fingerprint density at radius 2 is 0.674 bits per heavy atom. The Bertz CT molecular complexity index is 2960. The molecule has 1 aliphatic carbocycles. The minimum atomic E-state index is 1.28. The molecule has 1 aliphatic rings. The zero-order chi connectivity index (χ0) is 29.9. The molecule has 0 N–H and O–H groups in total. The Kier molecular flexibility index (Phi) is 4.66. The Morgan fingerprint density at radius 1 is 0.217 bits per heavy atom. The van der Waals surface area contributed by atoms with Crippen LogP contribution in [0.5, 0.6) is 0 Å². The lowest BCUT2D eigenvalue weighted by Gasteiger charge is -2.16. The number of rotatable bonds is 2. The minimum absolute atomic E-state index is 1.28. The van der Waals surface area contributed by atoms with Gasteiger partial charge in [0.15, 0.2) is 0 Å². The topological polar surface area (TPSA) is 0 Å². The summed E-state index contributed by atoms with van der Waals surface area (Å²) in [5.41, 5.74) is 7.91. The lowest BCUT2D eigenvalue weighted by atomic mass is 9.87. The third-order valence-corrected chi connectivity index (χ3v) is 10.5. The minimum Gasteiger partial charge on any atom is -0.0616 e. The van der Waals surface area contributed by atoms with Crippen LogP contribution in [-0.2, 0) is 0 Å². The van der Waals surface area contributed by atoms with Crippen LogP contribution in [0.25, 0.3) is 109 Å². The second-order valence-corrected chi connectivity index (χ2v) is 12.8. The molecule has 0 nitrogen and oxygen atoms in total. The predicted octanol–water partition coefficient (Wildman–Crippen LogP) is 13.1. The summed E-state index contributed by atoms with van der Waals surface area (Å²) in [7, 11) is 0. The summed E-state index contributed by atoms with van der Waals surface area (Å²) in [6.45, 7) is 0. The third kappa shape index (κ3) is 3.08. The Balaban J connectivity index is 1.26. The molecule has 0 bridgehead atoms. The molecule has 0 saturated carbocycles. The zero-order valence-corrected chi connectivity index (χ0v) is 25.0. The van der Waals surface area contributed by atoms with Crippen molar-refractivity contribution in [3.05, 3.63) is 158 Å². The van der Waals surface area contributed by atoms with Gasteiger partial charge in [-0.25, -0.2) is 0 Å². The van der Waals surface area contributed by atoms with Gasteiger partial charge < -0.3 is 0 Å². The van der Waals surface area contributed by atoms with E-state index in [2.05, 4.69) is 158 Å². The van der Waals surface area contributed by atoms with Gasteiger partial charge in [0.2, 0.25) is 0 Å². The van der Waals surface area contributed by atoms with Crippen molar-refractivity contribution in [1.29, 1.82) is 0 Å². The summed E-state index contributed by atoms with van der Waals surface area (Å²) in [5, 5.41) is 18.5. The molecule has 0 unspecified atom stereocenters. The highest BCUT2D eigenvalue weighted by molar-refractivity contribution is 6.36. The number of fused-ring (bicyclic) bond motifs is 7. The van der Waals surface area contributed by atoms with Crippen LogP contribution >= 0.6 is 0 Å². The van der Waals surface area contributed by atoms with Gasteiger partial charge in [0.05, 0.1) is 0 Å². The maximum absolute atomic E-state index is 2.41. The van der Waals surface area contributed by atoms with Gasteiger partial charge in [-0.3, -0.25) is 0 Å². The molecular formula is C46H26. The van der Waals surface area contributed by atoms with E-state index in [-0.39, 0.29) is 0 Å². The summed E-state index contributed by atoms with van der Waals surface area (Å²) >= 11 is 0. The van der Waals surface area contributed by atoms with Crippen molar-refractivity contribution >= 4 is 75.4 Å². The molecule has 10 aromatic rings. The molecule has 0 atom stereocenters. The molecule has 0 heteroatoms. The van der Waals surface area contributed by atoms with Gasteiger partial charge in [-0.05, 0) is 121 Å². The van der Waals surface area contributed by atoms with E-state index < -0.39 is 0 Å². The van der Waals surface area contributed by atoms with E-state index in [0.717, 1.165) is 0 Å². The molecule has 210 valence electrons. The Morgan fingerprint density at radius 3 is 1.33 bits per heavy atom. The van der Waals surface area contributed by atoms with E-state index in [1.54, 1.807) is 0 Å². The number of hydrogen-bond donors (Lipinski definition) is 0. The van der Waals surface area contributed by atoms with Crippen LogP contribution in [0.3, 0.4) is 0 Å². The molecule has 46 heavy (non-hydrogen) atoms. The van der Waals surface area contributed by atoms with Crippen molar-refractivity contribution < 1.29 is 0 Å². The second-order valence-electron chi connectivity index (χ2n) is 12.8. The van der Waals surface area contributed by atoms with Crippen molar-refractivity contribution in [2.24, 2.45) is 0 Å². The average Bonchev–Trinajstić information content (AvgIpc) is 3.48. The van der Waals surface area contributed by atoms with Crippen LogP contribution in [0.2, 0.25) is 0 Å².